The Morgan fingerprint density at radius 1 is 1.24 bits per heavy atom. The van der Waals surface area contributed by atoms with E-state index in [-0.39, 0.29) is 11.9 Å². The Labute approximate surface area is 155 Å². The van der Waals surface area contributed by atoms with E-state index in [0.29, 0.717) is 51.4 Å². The van der Waals surface area contributed by atoms with Crippen molar-refractivity contribution in [3.8, 4) is 0 Å². The first-order valence-electron chi connectivity index (χ1n) is 6.84. The molecule has 12 heteroatoms. The average molecular weight is 482 g/mol. The summed E-state index contributed by atoms with van der Waals surface area (Å²) < 4.78 is 38.7. The monoisotopic (exact) mass is 480 g/mol. The minimum absolute atomic E-state index is 0.0868. The second-order valence-electron chi connectivity index (χ2n) is 4.97. The average Bonchev–Trinajstić information content (AvgIpc) is 2.76. The number of H-pyrrole nitrogens is 1. The first kappa shape index (κ1) is 17.9. The highest BCUT2D eigenvalue weighted by molar-refractivity contribution is 9.13. The molecule has 0 aromatic carbocycles. The lowest BCUT2D eigenvalue weighted by molar-refractivity contribution is -0.138. The maximum absolute atomic E-state index is 12.5. The number of nitrogens with one attached hydrogen (secondary N) is 3. The van der Waals surface area contributed by atoms with E-state index in [0.717, 1.165) is 0 Å². The van der Waals surface area contributed by atoms with E-state index >= 15 is 0 Å². The number of hydrogen-bond donors (Lipinski definition) is 3. The number of alkyl halides is 3. The second-order valence-corrected chi connectivity index (χ2v) is 6.56. The fraction of sp³-hybridized carbons (Fsp3) is 0.231. The molecule has 0 aliphatic carbocycles. The molecule has 1 amide bonds. The zero-order valence-electron chi connectivity index (χ0n) is 12.2. The van der Waals surface area contributed by atoms with Gasteiger partial charge < -0.3 is 10.3 Å². The van der Waals surface area contributed by atoms with Crippen molar-refractivity contribution in [3.05, 3.63) is 38.3 Å². The third kappa shape index (κ3) is 3.68. The van der Waals surface area contributed by atoms with E-state index in [1.165, 1.54) is 0 Å². The molecule has 3 rings (SSSR count). The van der Waals surface area contributed by atoms with Crippen LogP contribution in [0.3, 0.4) is 0 Å². The van der Waals surface area contributed by atoms with E-state index in [1.54, 1.807) is 0 Å². The van der Waals surface area contributed by atoms with Gasteiger partial charge in [0, 0.05) is 30.9 Å². The lowest BCUT2D eigenvalue weighted by Gasteiger charge is -2.07. The molecule has 132 valence electrons. The SMILES string of the molecule is O=C1NCC/C(=N/Nc2ncc(C(F)(F)F)cn2)c2c1[nH]c(Br)c2Br. The lowest BCUT2D eigenvalue weighted by Crippen LogP contribution is -2.23. The van der Waals surface area contributed by atoms with Crippen LogP contribution in [0.4, 0.5) is 19.1 Å². The molecule has 0 radical (unpaired) electrons. The molecule has 25 heavy (non-hydrogen) atoms. The van der Waals surface area contributed by atoms with Crippen LogP contribution in [0.2, 0.25) is 0 Å². The summed E-state index contributed by atoms with van der Waals surface area (Å²) in [7, 11) is 0. The highest BCUT2D eigenvalue weighted by Gasteiger charge is 2.31. The molecule has 0 unspecified atom stereocenters. The van der Waals surface area contributed by atoms with Gasteiger partial charge in [0.25, 0.3) is 5.91 Å². The third-order valence-corrected chi connectivity index (χ3v) is 5.25. The quantitative estimate of drug-likeness (QED) is 0.573. The number of halogens is 5. The maximum atomic E-state index is 12.5. The number of carbonyl (C=O) groups excluding carboxylic acids is 1. The van der Waals surface area contributed by atoms with Gasteiger partial charge in [-0.15, -0.1) is 0 Å². The third-order valence-electron chi connectivity index (χ3n) is 3.33. The van der Waals surface area contributed by atoms with Crippen LogP contribution < -0.4 is 10.7 Å². The van der Waals surface area contributed by atoms with Crippen molar-refractivity contribution in [2.75, 3.05) is 12.0 Å². The van der Waals surface area contributed by atoms with Crippen LogP contribution in [-0.4, -0.2) is 33.1 Å². The molecule has 3 N–H and O–H groups in total. The molecule has 2 aromatic heterocycles. The molecule has 0 atom stereocenters. The number of hydrazone groups is 1. The van der Waals surface area contributed by atoms with Gasteiger partial charge in [0.15, 0.2) is 0 Å². The van der Waals surface area contributed by atoms with Crippen molar-refractivity contribution in [1.82, 2.24) is 20.3 Å². The summed E-state index contributed by atoms with van der Waals surface area (Å²) >= 11 is 6.66. The minimum atomic E-state index is -4.51. The lowest BCUT2D eigenvalue weighted by atomic mass is 10.1. The van der Waals surface area contributed by atoms with Crippen LogP contribution in [0.25, 0.3) is 0 Å². The summed E-state index contributed by atoms with van der Waals surface area (Å²) in [5.41, 5.74) is 2.97. The Morgan fingerprint density at radius 3 is 2.56 bits per heavy atom. The van der Waals surface area contributed by atoms with Gasteiger partial charge >= 0.3 is 6.18 Å². The topological polar surface area (TPSA) is 95.1 Å². The minimum Gasteiger partial charge on any atom is -0.350 e. The molecule has 7 nitrogen and oxygen atoms in total. The number of aromatic amines is 1. The van der Waals surface area contributed by atoms with Gasteiger partial charge in [0.2, 0.25) is 5.95 Å². The van der Waals surface area contributed by atoms with Crippen molar-refractivity contribution in [2.24, 2.45) is 5.10 Å². The number of amides is 1. The molecule has 0 bridgehead atoms. The molecule has 3 heterocycles. The Kier molecular flexibility index (Phi) is 4.82. The number of hydrogen-bond acceptors (Lipinski definition) is 5. The maximum Gasteiger partial charge on any atom is 0.419 e. The Morgan fingerprint density at radius 2 is 1.92 bits per heavy atom. The van der Waals surface area contributed by atoms with E-state index in [4.69, 9.17) is 0 Å². The standard InChI is InChI=1S/C13H9Br2F3N6O/c14-8-7-6(1-2-19-11(25)9(7)22-10(8)15)23-24-12-20-3-5(4-21-12)13(16,17)18/h3-4,22H,1-2H2,(H,19,25)(H,20,21,24)/b23-6-. The van der Waals surface area contributed by atoms with Crippen LogP contribution in [0.15, 0.2) is 26.6 Å². The molecule has 1 aliphatic heterocycles. The molecular formula is C13H9Br2F3N6O. The molecule has 0 saturated carbocycles. The molecule has 0 saturated heterocycles. The van der Waals surface area contributed by atoms with E-state index < -0.39 is 11.7 Å². The van der Waals surface area contributed by atoms with Gasteiger partial charge in [-0.1, -0.05) is 0 Å². The van der Waals surface area contributed by atoms with Gasteiger partial charge in [-0.2, -0.15) is 18.3 Å². The molecule has 0 fully saturated rings. The Hall–Kier alpha value is -1.95. The largest absolute Gasteiger partial charge is 0.419 e. The summed E-state index contributed by atoms with van der Waals surface area (Å²) in [4.78, 5) is 22.1. The Balaban J connectivity index is 1.89. The highest BCUT2D eigenvalue weighted by Crippen LogP contribution is 2.32. The highest BCUT2D eigenvalue weighted by atomic mass is 79.9. The fourth-order valence-electron chi connectivity index (χ4n) is 2.16. The normalized spacial score (nSPS) is 16.4. The van der Waals surface area contributed by atoms with Crippen molar-refractivity contribution >= 4 is 49.4 Å². The van der Waals surface area contributed by atoms with Crippen molar-refractivity contribution < 1.29 is 18.0 Å². The number of anilines is 1. The predicted octanol–water partition coefficient (Wildman–Crippen LogP) is 3.30. The molecular weight excluding hydrogens is 473 g/mol. The van der Waals surface area contributed by atoms with Gasteiger partial charge in [-0.25, -0.2) is 15.4 Å². The summed E-state index contributed by atoms with van der Waals surface area (Å²) in [5.74, 6) is -0.367. The van der Waals surface area contributed by atoms with E-state index in [1.807, 2.05) is 0 Å². The summed E-state index contributed by atoms with van der Waals surface area (Å²) in [5, 5.41) is 6.87. The first-order valence-corrected chi connectivity index (χ1v) is 8.43. The van der Waals surface area contributed by atoms with Crippen LogP contribution >= 0.6 is 31.9 Å². The Bertz CT molecular complexity index is 847. The van der Waals surface area contributed by atoms with Crippen molar-refractivity contribution in [3.63, 3.8) is 0 Å². The van der Waals surface area contributed by atoms with Crippen LogP contribution in [0.5, 0.6) is 0 Å². The summed E-state index contributed by atoms with van der Waals surface area (Å²) in [6, 6.07) is 0. The number of fused-ring (bicyclic) bond motifs is 1. The number of rotatable bonds is 2. The number of nitrogens with zero attached hydrogens (tertiary/aromatic N) is 3. The van der Waals surface area contributed by atoms with Gasteiger partial charge in [-0.3, -0.25) is 4.79 Å². The van der Waals surface area contributed by atoms with Crippen LogP contribution in [0.1, 0.15) is 28.0 Å². The fourth-order valence-corrected chi connectivity index (χ4v) is 3.08. The van der Waals surface area contributed by atoms with E-state index in [9.17, 15) is 18.0 Å². The zero-order valence-corrected chi connectivity index (χ0v) is 15.4. The number of aromatic nitrogens is 3. The van der Waals surface area contributed by atoms with Crippen LogP contribution in [0, 0.1) is 0 Å². The molecule has 2 aromatic rings. The van der Waals surface area contributed by atoms with Crippen molar-refractivity contribution in [2.45, 2.75) is 12.6 Å². The van der Waals surface area contributed by atoms with Crippen molar-refractivity contribution in [1.29, 1.82) is 0 Å². The van der Waals surface area contributed by atoms with Gasteiger partial charge in [-0.05, 0) is 31.9 Å². The second kappa shape index (κ2) is 6.75. The predicted molar refractivity (Wildman–Crippen MR) is 90.3 cm³/mol. The van der Waals surface area contributed by atoms with Gasteiger partial charge in [0.05, 0.1) is 20.4 Å². The summed E-state index contributed by atoms with van der Waals surface area (Å²) in [6.45, 7) is 0.361. The number of carbonyl (C=O) groups is 1. The molecule has 1 aliphatic rings. The summed E-state index contributed by atoms with van der Waals surface area (Å²) in [6.07, 6.45) is -2.76. The zero-order chi connectivity index (χ0) is 18.2. The first-order chi connectivity index (χ1) is 11.8. The van der Waals surface area contributed by atoms with Gasteiger partial charge in [0.1, 0.15) is 5.69 Å². The van der Waals surface area contributed by atoms with Crippen LogP contribution in [-0.2, 0) is 6.18 Å². The van der Waals surface area contributed by atoms with E-state index in [2.05, 4.69) is 62.7 Å². The molecule has 0 spiro atoms. The smallest absolute Gasteiger partial charge is 0.350 e.